The molecule has 2 heterocycles. The van der Waals surface area contributed by atoms with Crippen molar-refractivity contribution in [1.29, 1.82) is 0 Å². The summed E-state index contributed by atoms with van der Waals surface area (Å²) in [6, 6.07) is 15.3. The highest BCUT2D eigenvalue weighted by molar-refractivity contribution is 5.89. The Bertz CT molecular complexity index is 1140. The highest BCUT2D eigenvalue weighted by atomic mass is 19.3. The summed E-state index contributed by atoms with van der Waals surface area (Å²) in [4.78, 5) is 9.92. The molecule has 1 N–H and O–H groups in total. The van der Waals surface area contributed by atoms with Crippen LogP contribution in [0.1, 0.15) is 24.4 Å². The maximum Gasteiger partial charge on any atom is 0.297 e. The number of aromatic amines is 1. The molecule has 0 saturated heterocycles. The lowest BCUT2D eigenvalue weighted by Gasteiger charge is -2.20. The zero-order chi connectivity index (χ0) is 21.1. The molecule has 2 aromatic heterocycles. The standard InChI is InChI=1S/C22H20F3N5/c1-30(22-17-6-2-3-7-18(17)26-21(27-22)20(24)25)12-4-5-16-13-19(29-28-16)14-8-10-15(23)11-9-14/h2-3,6-11,13,20H,4-5,12H2,1H3,(H,28,29). The van der Waals surface area contributed by atoms with Gasteiger partial charge in [-0.05, 0) is 55.3 Å². The first-order valence-corrected chi connectivity index (χ1v) is 9.57. The molecule has 154 valence electrons. The summed E-state index contributed by atoms with van der Waals surface area (Å²) >= 11 is 0. The van der Waals surface area contributed by atoms with Crippen LogP contribution in [0.3, 0.4) is 0 Å². The van der Waals surface area contributed by atoms with E-state index in [1.807, 2.05) is 30.1 Å². The first-order chi connectivity index (χ1) is 14.5. The maximum atomic E-state index is 13.2. The van der Waals surface area contributed by atoms with Gasteiger partial charge in [0, 0.05) is 30.2 Å². The first kappa shape index (κ1) is 19.9. The van der Waals surface area contributed by atoms with Crippen LogP contribution in [0, 0.1) is 5.82 Å². The largest absolute Gasteiger partial charge is 0.359 e. The van der Waals surface area contributed by atoms with Crippen LogP contribution in [0.5, 0.6) is 0 Å². The van der Waals surface area contributed by atoms with E-state index in [4.69, 9.17) is 0 Å². The number of fused-ring (bicyclic) bond motifs is 1. The van der Waals surface area contributed by atoms with Crippen molar-refractivity contribution in [3.8, 4) is 11.3 Å². The summed E-state index contributed by atoms with van der Waals surface area (Å²) in [6.45, 7) is 0.620. The number of rotatable bonds is 7. The number of aromatic nitrogens is 4. The number of nitrogens with zero attached hydrogens (tertiary/aromatic N) is 4. The Kier molecular flexibility index (Phi) is 5.65. The average molecular weight is 411 g/mol. The van der Waals surface area contributed by atoms with Gasteiger partial charge in [0.15, 0.2) is 5.82 Å². The number of para-hydroxylation sites is 1. The summed E-state index contributed by atoms with van der Waals surface area (Å²) < 4.78 is 39.5. The van der Waals surface area contributed by atoms with Crippen LogP contribution in [-0.4, -0.2) is 33.8 Å². The summed E-state index contributed by atoms with van der Waals surface area (Å²) in [5, 5.41) is 8.02. The van der Waals surface area contributed by atoms with Gasteiger partial charge in [-0.3, -0.25) is 5.10 Å². The Morgan fingerprint density at radius 1 is 1.03 bits per heavy atom. The normalized spacial score (nSPS) is 11.4. The molecule has 0 radical (unpaired) electrons. The highest BCUT2D eigenvalue weighted by Crippen LogP contribution is 2.27. The number of aryl methyl sites for hydroxylation is 1. The molecule has 0 aliphatic carbocycles. The molecule has 0 fully saturated rings. The van der Waals surface area contributed by atoms with Crippen LogP contribution in [0.4, 0.5) is 19.0 Å². The van der Waals surface area contributed by atoms with Gasteiger partial charge >= 0.3 is 0 Å². The number of halogens is 3. The minimum atomic E-state index is -2.73. The number of hydrogen-bond donors (Lipinski definition) is 1. The minimum Gasteiger partial charge on any atom is -0.359 e. The van der Waals surface area contributed by atoms with Gasteiger partial charge in [-0.2, -0.15) is 5.10 Å². The Balaban J connectivity index is 1.44. The monoisotopic (exact) mass is 411 g/mol. The maximum absolute atomic E-state index is 13.2. The molecular weight excluding hydrogens is 391 g/mol. The molecule has 0 unspecified atom stereocenters. The SMILES string of the molecule is CN(CCCc1cc(-c2ccc(F)cc2)n[nH]1)c1nc(C(F)F)nc2ccccc12. The third kappa shape index (κ3) is 4.27. The summed E-state index contributed by atoms with van der Waals surface area (Å²) in [5.74, 6) is -0.259. The van der Waals surface area contributed by atoms with Crippen molar-refractivity contribution in [2.75, 3.05) is 18.5 Å². The molecule has 30 heavy (non-hydrogen) atoms. The molecule has 0 saturated carbocycles. The average Bonchev–Trinajstić information content (AvgIpc) is 3.22. The van der Waals surface area contributed by atoms with Crippen LogP contribution in [0.15, 0.2) is 54.6 Å². The quantitative estimate of drug-likeness (QED) is 0.456. The third-order valence-corrected chi connectivity index (χ3v) is 4.87. The van der Waals surface area contributed by atoms with Gasteiger partial charge in [-0.25, -0.2) is 23.1 Å². The van der Waals surface area contributed by atoms with E-state index in [1.54, 1.807) is 24.3 Å². The fourth-order valence-electron chi connectivity index (χ4n) is 3.34. The third-order valence-electron chi connectivity index (χ3n) is 4.87. The summed E-state index contributed by atoms with van der Waals surface area (Å²) in [7, 11) is 1.83. The van der Waals surface area contributed by atoms with Crippen molar-refractivity contribution in [2.24, 2.45) is 0 Å². The van der Waals surface area contributed by atoms with E-state index in [2.05, 4.69) is 20.2 Å². The van der Waals surface area contributed by atoms with Gasteiger partial charge in [-0.1, -0.05) is 12.1 Å². The topological polar surface area (TPSA) is 57.7 Å². The number of alkyl halides is 2. The van der Waals surface area contributed by atoms with Gasteiger partial charge in [0.2, 0.25) is 0 Å². The number of hydrogen-bond acceptors (Lipinski definition) is 4. The van der Waals surface area contributed by atoms with Crippen molar-refractivity contribution < 1.29 is 13.2 Å². The van der Waals surface area contributed by atoms with E-state index in [9.17, 15) is 13.2 Å². The second-order valence-electron chi connectivity index (χ2n) is 7.03. The molecule has 4 rings (SSSR count). The van der Waals surface area contributed by atoms with Crippen LogP contribution in [0.2, 0.25) is 0 Å². The van der Waals surface area contributed by atoms with Gasteiger partial charge in [0.05, 0.1) is 11.2 Å². The van der Waals surface area contributed by atoms with Gasteiger partial charge in [0.1, 0.15) is 11.6 Å². The number of benzene rings is 2. The zero-order valence-corrected chi connectivity index (χ0v) is 16.3. The smallest absolute Gasteiger partial charge is 0.297 e. The number of H-pyrrole nitrogens is 1. The second kappa shape index (κ2) is 8.52. The van der Waals surface area contributed by atoms with E-state index >= 15 is 0 Å². The van der Waals surface area contributed by atoms with Crippen LogP contribution < -0.4 is 4.90 Å². The fraction of sp³-hybridized carbons (Fsp3) is 0.227. The Morgan fingerprint density at radius 3 is 2.57 bits per heavy atom. The van der Waals surface area contributed by atoms with Gasteiger partial charge < -0.3 is 4.90 Å². The highest BCUT2D eigenvalue weighted by Gasteiger charge is 2.17. The van der Waals surface area contributed by atoms with E-state index in [1.165, 1.54) is 12.1 Å². The molecule has 8 heteroatoms. The minimum absolute atomic E-state index is 0.287. The van der Waals surface area contributed by atoms with Crippen molar-refractivity contribution in [2.45, 2.75) is 19.3 Å². The molecule has 0 spiro atoms. The van der Waals surface area contributed by atoms with Crippen LogP contribution in [-0.2, 0) is 6.42 Å². The van der Waals surface area contributed by atoms with Crippen LogP contribution in [0.25, 0.3) is 22.2 Å². The molecule has 0 aliphatic heterocycles. The Morgan fingerprint density at radius 2 is 1.80 bits per heavy atom. The lowest BCUT2D eigenvalue weighted by atomic mass is 10.1. The lowest BCUT2D eigenvalue weighted by Crippen LogP contribution is -2.21. The molecule has 0 bridgehead atoms. The number of nitrogens with one attached hydrogen (secondary N) is 1. The van der Waals surface area contributed by atoms with E-state index < -0.39 is 12.2 Å². The van der Waals surface area contributed by atoms with Crippen molar-refractivity contribution in [1.82, 2.24) is 20.2 Å². The predicted octanol–water partition coefficient (Wildman–Crippen LogP) is 5.17. The summed E-state index contributed by atoms with van der Waals surface area (Å²) in [6.07, 6.45) is -1.23. The molecule has 5 nitrogen and oxygen atoms in total. The first-order valence-electron chi connectivity index (χ1n) is 9.57. The fourth-order valence-corrected chi connectivity index (χ4v) is 3.34. The molecule has 2 aromatic carbocycles. The second-order valence-corrected chi connectivity index (χ2v) is 7.03. The molecule has 0 aliphatic rings. The predicted molar refractivity (Wildman–Crippen MR) is 110 cm³/mol. The Labute approximate surface area is 171 Å². The molecular formula is C22H20F3N5. The molecule has 0 atom stereocenters. The van der Waals surface area contributed by atoms with Crippen molar-refractivity contribution >= 4 is 16.7 Å². The lowest BCUT2D eigenvalue weighted by molar-refractivity contribution is 0.141. The van der Waals surface area contributed by atoms with Gasteiger partial charge in [-0.15, -0.1) is 0 Å². The Hall–Kier alpha value is -3.42. The number of anilines is 1. The van der Waals surface area contributed by atoms with E-state index in [0.29, 0.717) is 17.9 Å². The molecule has 4 aromatic rings. The van der Waals surface area contributed by atoms with E-state index in [-0.39, 0.29) is 5.82 Å². The summed E-state index contributed by atoms with van der Waals surface area (Å²) in [5.41, 5.74) is 3.04. The van der Waals surface area contributed by atoms with Gasteiger partial charge in [0.25, 0.3) is 6.43 Å². The van der Waals surface area contributed by atoms with E-state index in [0.717, 1.165) is 35.2 Å². The van der Waals surface area contributed by atoms with Crippen molar-refractivity contribution in [3.63, 3.8) is 0 Å². The zero-order valence-electron chi connectivity index (χ0n) is 16.3. The van der Waals surface area contributed by atoms with Crippen molar-refractivity contribution in [3.05, 3.63) is 71.9 Å². The van der Waals surface area contributed by atoms with Crippen LogP contribution >= 0.6 is 0 Å². The molecule has 0 amide bonds.